The number of aromatic hydroxyl groups is 3. The van der Waals surface area contributed by atoms with Crippen molar-refractivity contribution in [2.24, 2.45) is 0 Å². The van der Waals surface area contributed by atoms with Crippen molar-refractivity contribution in [2.45, 2.75) is 0 Å². The van der Waals surface area contributed by atoms with Crippen molar-refractivity contribution in [1.82, 2.24) is 4.98 Å². The number of pyridine rings is 1. The smallest absolute Gasteiger partial charge is 0.339 e. The van der Waals surface area contributed by atoms with Gasteiger partial charge in [-0.25, -0.2) is 14.6 Å². The monoisotopic (exact) mass is 397 g/mol. The molecule has 1 heterocycles. The second kappa shape index (κ2) is 7.39. The number of aromatic nitrogens is 1. The molecule has 0 fully saturated rings. The molecule has 0 spiro atoms. The molecule has 1 aromatic heterocycles. The third-order valence-corrected chi connectivity index (χ3v) is 4.18. The fourth-order valence-corrected chi connectivity index (χ4v) is 2.77. The minimum absolute atomic E-state index is 0.0611. The summed E-state index contributed by atoms with van der Waals surface area (Å²) < 4.78 is 4.96. The Hall–Kier alpha value is -4.27. The SMILES string of the molecule is COc1cc(/C=C/c2ccc3c(C(=O)O)cc(C(=O)O)c(O)c3n2)cc(O)c1O. The van der Waals surface area contributed by atoms with Gasteiger partial charge in [0.25, 0.3) is 0 Å². The van der Waals surface area contributed by atoms with Crippen molar-refractivity contribution in [3.8, 4) is 23.0 Å². The molecule has 3 rings (SSSR count). The summed E-state index contributed by atoms with van der Waals surface area (Å²) >= 11 is 0. The molecule has 5 N–H and O–H groups in total. The topological polar surface area (TPSA) is 157 Å². The Morgan fingerprint density at radius 1 is 0.931 bits per heavy atom. The third-order valence-electron chi connectivity index (χ3n) is 4.18. The van der Waals surface area contributed by atoms with Crippen LogP contribution in [0.4, 0.5) is 0 Å². The standard InChI is InChI=1S/C20H15NO8/c1-29-15-7-9(6-14(22)18(15)24)2-3-10-4-5-11-12(19(25)26)8-13(20(27)28)17(23)16(11)21-10/h2-8,22-24H,1H3,(H,25,26)(H,27,28)/b3-2+. The number of phenolic OH excluding ortho intramolecular Hbond substituents is 2. The molecule has 9 heteroatoms. The number of rotatable bonds is 5. The Kier molecular flexibility index (Phi) is 4.97. The molecule has 9 nitrogen and oxygen atoms in total. The van der Waals surface area contributed by atoms with E-state index in [1.165, 1.54) is 43.5 Å². The number of ether oxygens (including phenoxy) is 1. The van der Waals surface area contributed by atoms with Crippen LogP contribution in [0.1, 0.15) is 32.0 Å². The van der Waals surface area contributed by atoms with Gasteiger partial charge in [0.1, 0.15) is 11.1 Å². The molecule has 0 saturated carbocycles. The summed E-state index contributed by atoms with van der Waals surface area (Å²) in [6.45, 7) is 0. The van der Waals surface area contributed by atoms with Gasteiger partial charge in [0.15, 0.2) is 17.2 Å². The van der Waals surface area contributed by atoms with Crippen LogP contribution < -0.4 is 4.74 Å². The molecule has 29 heavy (non-hydrogen) atoms. The van der Waals surface area contributed by atoms with Gasteiger partial charge in [-0.3, -0.25) is 0 Å². The zero-order valence-corrected chi connectivity index (χ0v) is 14.9. The lowest BCUT2D eigenvalue weighted by molar-refractivity contribution is 0.0693. The molecule has 2 aromatic carbocycles. The van der Waals surface area contributed by atoms with Gasteiger partial charge >= 0.3 is 11.9 Å². The highest BCUT2D eigenvalue weighted by Gasteiger charge is 2.20. The van der Waals surface area contributed by atoms with Gasteiger partial charge in [0.2, 0.25) is 5.75 Å². The quantitative estimate of drug-likeness (QED) is 0.408. The van der Waals surface area contributed by atoms with Crippen LogP contribution in [0.25, 0.3) is 23.1 Å². The van der Waals surface area contributed by atoms with Gasteiger partial charge in [0.05, 0.1) is 18.4 Å². The van der Waals surface area contributed by atoms with Crippen molar-refractivity contribution in [3.63, 3.8) is 0 Å². The van der Waals surface area contributed by atoms with Gasteiger partial charge < -0.3 is 30.3 Å². The van der Waals surface area contributed by atoms with Gasteiger partial charge in [-0.2, -0.15) is 0 Å². The maximum absolute atomic E-state index is 11.4. The molecule has 0 amide bonds. The first-order valence-corrected chi connectivity index (χ1v) is 8.14. The van der Waals surface area contributed by atoms with E-state index >= 15 is 0 Å². The second-order valence-corrected chi connectivity index (χ2v) is 5.99. The summed E-state index contributed by atoms with van der Waals surface area (Å²) in [6.07, 6.45) is 3.03. The number of aromatic carboxylic acids is 2. The Morgan fingerprint density at radius 3 is 2.24 bits per heavy atom. The average Bonchev–Trinajstić information content (AvgIpc) is 2.68. The highest BCUT2D eigenvalue weighted by atomic mass is 16.5. The number of hydrogen-bond donors (Lipinski definition) is 5. The lowest BCUT2D eigenvalue weighted by Crippen LogP contribution is -2.05. The van der Waals surface area contributed by atoms with Crippen molar-refractivity contribution in [2.75, 3.05) is 7.11 Å². The highest BCUT2D eigenvalue weighted by Crippen LogP contribution is 2.37. The first-order chi connectivity index (χ1) is 13.7. The number of phenols is 3. The zero-order valence-electron chi connectivity index (χ0n) is 14.9. The van der Waals surface area contributed by atoms with Gasteiger partial charge in [0, 0.05) is 5.39 Å². The van der Waals surface area contributed by atoms with Crippen molar-refractivity contribution in [3.05, 3.63) is 52.7 Å². The Balaban J connectivity index is 2.11. The number of carboxylic acids is 2. The number of methoxy groups -OCH3 is 1. The second-order valence-electron chi connectivity index (χ2n) is 5.99. The van der Waals surface area contributed by atoms with Crippen molar-refractivity contribution in [1.29, 1.82) is 0 Å². The van der Waals surface area contributed by atoms with Crippen molar-refractivity contribution < 1.29 is 39.9 Å². The minimum atomic E-state index is -1.48. The molecule has 0 unspecified atom stereocenters. The molecule has 0 aliphatic rings. The summed E-state index contributed by atoms with van der Waals surface area (Å²) in [6, 6.07) is 6.53. The van der Waals surface area contributed by atoms with Crippen LogP contribution in [0.15, 0.2) is 30.3 Å². The molecule has 0 radical (unpaired) electrons. The first kappa shape index (κ1) is 19.5. The van der Waals surface area contributed by atoms with Gasteiger partial charge in [-0.15, -0.1) is 0 Å². The van der Waals surface area contributed by atoms with E-state index in [1.807, 2.05) is 0 Å². The van der Waals surface area contributed by atoms with Crippen LogP contribution in [0.5, 0.6) is 23.0 Å². The third kappa shape index (κ3) is 3.61. The number of carboxylic acid groups (broad SMARTS) is 2. The number of benzene rings is 2. The van der Waals surface area contributed by atoms with E-state index in [0.717, 1.165) is 6.07 Å². The van der Waals surface area contributed by atoms with E-state index in [1.54, 1.807) is 0 Å². The molecule has 0 aliphatic carbocycles. The maximum Gasteiger partial charge on any atom is 0.339 e. The Morgan fingerprint density at radius 2 is 1.62 bits per heavy atom. The van der Waals surface area contributed by atoms with Crippen molar-refractivity contribution >= 4 is 35.0 Å². The number of hydrogen-bond acceptors (Lipinski definition) is 7. The highest BCUT2D eigenvalue weighted by molar-refractivity contribution is 6.09. The largest absolute Gasteiger partial charge is 0.505 e. The van der Waals surface area contributed by atoms with E-state index < -0.39 is 29.0 Å². The lowest BCUT2D eigenvalue weighted by Gasteiger charge is -2.09. The predicted octanol–water partition coefficient (Wildman–Crippen LogP) is 2.93. The van der Waals surface area contributed by atoms with Gasteiger partial charge in [-0.05, 0) is 42.0 Å². The van der Waals surface area contributed by atoms with E-state index in [2.05, 4.69) is 4.98 Å². The first-order valence-electron chi connectivity index (χ1n) is 8.14. The Labute approximate surface area is 163 Å². The maximum atomic E-state index is 11.4. The van der Waals surface area contributed by atoms with Crippen LogP contribution >= 0.6 is 0 Å². The van der Waals surface area contributed by atoms with Crippen LogP contribution in [0.2, 0.25) is 0 Å². The molecule has 148 valence electrons. The normalized spacial score (nSPS) is 11.1. The molecule has 3 aromatic rings. The number of fused-ring (bicyclic) bond motifs is 1. The van der Waals surface area contributed by atoms with Gasteiger partial charge in [-0.1, -0.05) is 6.08 Å². The number of nitrogens with zero attached hydrogens (tertiary/aromatic N) is 1. The average molecular weight is 397 g/mol. The number of carbonyl (C=O) groups is 2. The molecule has 0 aliphatic heterocycles. The zero-order chi connectivity index (χ0) is 21.3. The summed E-state index contributed by atoms with van der Waals surface area (Å²) in [4.78, 5) is 26.9. The Bertz CT molecular complexity index is 1180. The van der Waals surface area contributed by atoms with E-state index in [-0.39, 0.29) is 28.0 Å². The van der Waals surface area contributed by atoms with Crippen LogP contribution in [-0.4, -0.2) is 49.6 Å². The lowest BCUT2D eigenvalue weighted by atomic mass is 10.0. The van der Waals surface area contributed by atoms with Crippen LogP contribution in [-0.2, 0) is 0 Å². The van der Waals surface area contributed by atoms with E-state index in [4.69, 9.17) is 4.74 Å². The van der Waals surface area contributed by atoms with Crippen LogP contribution in [0.3, 0.4) is 0 Å². The fourth-order valence-electron chi connectivity index (χ4n) is 2.77. The predicted molar refractivity (Wildman–Crippen MR) is 103 cm³/mol. The summed E-state index contributed by atoms with van der Waals surface area (Å²) in [5.74, 6) is -4.20. The molecule has 0 saturated heterocycles. The van der Waals surface area contributed by atoms with E-state index in [0.29, 0.717) is 11.3 Å². The van der Waals surface area contributed by atoms with E-state index in [9.17, 15) is 35.1 Å². The molecular weight excluding hydrogens is 382 g/mol. The molecular formula is C20H15NO8. The molecule has 0 atom stereocenters. The fraction of sp³-hybridized carbons (Fsp3) is 0.0500. The van der Waals surface area contributed by atoms with Crippen LogP contribution in [0, 0.1) is 0 Å². The summed E-state index contributed by atoms with van der Waals surface area (Å²) in [5, 5.41) is 48.2. The minimum Gasteiger partial charge on any atom is -0.505 e. The molecule has 0 bridgehead atoms. The summed E-state index contributed by atoms with van der Waals surface area (Å²) in [5.41, 5.74) is -0.286. The summed E-state index contributed by atoms with van der Waals surface area (Å²) in [7, 11) is 1.33.